The smallest absolute Gasteiger partial charge is 0.254 e. The van der Waals surface area contributed by atoms with Gasteiger partial charge in [0.25, 0.3) is 11.8 Å². The molecule has 6 nitrogen and oxygen atoms in total. The third kappa shape index (κ3) is 4.33. The molecule has 0 spiro atoms. The predicted octanol–water partition coefficient (Wildman–Crippen LogP) is 3.38. The third-order valence-electron chi connectivity index (χ3n) is 6.08. The molecule has 0 saturated carbocycles. The number of piperazine rings is 1. The highest BCUT2D eigenvalue weighted by molar-refractivity contribution is 5.98. The topological polar surface area (TPSA) is 61.9 Å². The van der Waals surface area contributed by atoms with E-state index in [1.54, 1.807) is 12.1 Å². The van der Waals surface area contributed by atoms with Crippen molar-refractivity contribution < 1.29 is 14.3 Å². The minimum Gasteiger partial charge on any atom is -0.368 e. The summed E-state index contributed by atoms with van der Waals surface area (Å²) in [5, 5.41) is 2.88. The SMILES string of the molecule is Cc1cccc(N2CCN(C(=O)c3cccc(NC(=O)[C@@H]4CCCO4)c3)CC2)c1C. The zero-order valence-electron chi connectivity index (χ0n) is 17.7. The Kier molecular flexibility index (Phi) is 6.04. The molecule has 0 aromatic heterocycles. The van der Waals surface area contributed by atoms with Crippen molar-refractivity contribution in [3.63, 3.8) is 0 Å². The quantitative estimate of drug-likeness (QED) is 0.844. The highest BCUT2D eigenvalue weighted by atomic mass is 16.5. The molecule has 0 radical (unpaired) electrons. The van der Waals surface area contributed by atoms with Gasteiger partial charge < -0.3 is 19.9 Å². The number of carbonyl (C=O) groups is 2. The number of rotatable bonds is 4. The fraction of sp³-hybridized carbons (Fsp3) is 0.417. The van der Waals surface area contributed by atoms with Gasteiger partial charge in [0.05, 0.1) is 0 Å². The number of hydrogen-bond acceptors (Lipinski definition) is 4. The van der Waals surface area contributed by atoms with Crippen LogP contribution in [0.5, 0.6) is 0 Å². The van der Waals surface area contributed by atoms with E-state index in [9.17, 15) is 9.59 Å². The highest BCUT2D eigenvalue weighted by Gasteiger charge is 2.25. The van der Waals surface area contributed by atoms with Gasteiger partial charge in [-0.05, 0) is 62.1 Å². The van der Waals surface area contributed by atoms with Crippen molar-refractivity contribution in [2.24, 2.45) is 0 Å². The van der Waals surface area contributed by atoms with Crippen molar-refractivity contribution >= 4 is 23.2 Å². The number of hydrogen-bond donors (Lipinski definition) is 1. The molecule has 1 atom stereocenters. The van der Waals surface area contributed by atoms with Crippen LogP contribution < -0.4 is 10.2 Å². The second-order valence-electron chi connectivity index (χ2n) is 8.07. The summed E-state index contributed by atoms with van der Waals surface area (Å²) in [6.45, 7) is 7.89. The Balaban J connectivity index is 1.38. The van der Waals surface area contributed by atoms with Crippen LogP contribution >= 0.6 is 0 Å². The minimum atomic E-state index is -0.387. The van der Waals surface area contributed by atoms with Gasteiger partial charge in [0.2, 0.25) is 0 Å². The van der Waals surface area contributed by atoms with E-state index in [1.165, 1.54) is 16.8 Å². The van der Waals surface area contributed by atoms with E-state index in [0.29, 0.717) is 30.9 Å². The van der Waals surface area contributed by atoms with E-state index in [2.05, 4.69) is 42.3 Å². The Morgan fingerprint density at radius 3 is 2.53 bits per heavy atom. The summed E-state index contributed by atoms with van der Waals surface area (Å²) in [6, 6.07) is 13.6. The lowest BCUT2D eigenvalue weighted by atomic mass is 10.1. The predicted molar refractivity (Wildman–Crippen MR) is 118 cm³/mol. The number of nitrogens with one attached hydrogen (secondary N) is 1. The molecule has 0 aliphatic carbocycles. The standard InChI is InChI=1S/C24H29N3O3/c1-17-6-3-9-21(18(17)2)26-11-13-27(14-12-26)24(29)19-7-4-8-20(16-19)25-23(28)22-10-5-15-30-22/h3-4,6-9,16,22H,5,10-15H2,1-2H3,(H,25,28)/t22-/m0/s1. The first-order valence-electron chi connectivity index (χ1n) is 10.7. The summed E-state index contributed by atoms with van der Waals surface area (Å²) in [4.78, 5) is 29.6. The molecule has 30 heavy (non-hydrogen) atoms. The maximum atomic E-state index is 13.0. The Hall–Kier alpha value is -2.86. The Labute approximate surface area is 177 Å². The fourth-order valence-corrected chi connectivity index (χ4v) is 4.15. The molecular formula is C24H29N3O3. The summed E-state index contributed by atoms with van der Waals surface area (Å²) in [5.74, 6) is -0.136. The van der Waals surface area contributed by atoms with Crippen LogP contribution in [0.1, 0.15) is 34.3 Å². The molecule has 2 aliphatic rings. The monoisotopic (exact) mass is 407 g/mol. The molecule has 2 fully saturated rings. The maximum Gasteiger partial charge on any atom is 0.254 e. The molecule has 0 unspecified atom stereocenters. The van der Waals surface area contributed by atoms with E-state index >= 15 is 0 Å². The van der Waals surface area contributed by atoms with E-state index in [-0.39, 0.29) is 17.9 Å². The van der Waals surface area contributed by atoms with Crippen molar-refractivity contribution in [3.8, 4) is 0 Å². The molecule has 2 aromatic rings. The summed E-state index contributed by atoms with van der Waals surface area (Å²) in [5.41, 5.74) is 5.07. The zero-order valence-corrected chi connectivity index (χ0v) is 17.7. The first kappa shape index (κ1) is 20.4. The van der Waals surface area contributed by atoms with Gasteiger partial charge in [-0.2, -0.15) is 0 Å². The number of ether oxygens (including phenoxy) is 1. The van der Waals surface area contributed by atoms with Crippen LogP contribution in [0.15, 0.2) is 42.5 Å². The fourth-order valence-electron chi connectivity index (χ4n) is 4.15. The largest absolute Gasteiger partial charge is 0.368 e. The number of anilines is 2. The molecule has 1 N–H and O–H groups in total. The Morgan fingerprint density at radius 2 is 1.80 bits per heavy atom. The number of carbonyl (C=O) groups excluding carboxylic acids is 2. The summed E-state index contributed by atoms with van der Waals surface area (Å²) < 4.78 is 5.43. The molecule has 2 amide bonds. The van der Waals surface area contributed by atoms with Gasteiger partial charge in [0, 0.05) is 49.7 Å². The van der Waals surface area contributed by atoms with Gasteiger partial charge in [0.15, 0.2) is 0 Å². The lowest BCUT2D eigenvalue weighted by Crippen LogP contribution is -2.49. The van der Waals surface area contributed by atoms with Crippen LogP contribution in [-0.2, 0) is 9.53 Å². The highest BCUT2D eigenvalue weighted by Crippen LogP contribution is 2.24. The second kappa shape index (κ2) is 8.88. The molecule has 2 aromatic carbocycles. The summed E-state index contributed by atoms with van der Waals surface area (Å²) >= 11 is 0. The van der Waals surface area contributed by atoms with Crippen molar-refractivity contribution in [1.82, 2.24) is 4.90 Å². The number of benzene rings is 2. The molecule has 2 saturated heterocycles. The van der Waals surface area contributed by atoms with Crippen LogP contribution in [0.25, 0.3) is 0 Å². The maximum absolute atomic E-state index is 13.0. The first-order chi connectivity index (χ1) is 14.5. The van der Waals surface area contributed by atoms with Gasteiger partial charge in [-0.1, -0.05) is 18.2 Å². The van der Waals surface area contributed by atoms with Crippen molar-refractivity contribution in [2.75, 3.05) is 43.0 Å². The van der Waals surface area contributed by atoms with Crippen molar-refractivity contribution in [3.05, 3.63) is 59.2 Å². The average Bonchev–Trinajstić information content (AvgIpc) is 3.31. The minimum absolute atomic E-state index is 0.00355. The molecular weight excluding hydrogens is 378 g/mol. The molecule has 6 heteroatoms. The van der Waals surface area contributed by atoms with Gasteiger partial charge >= 0.3 is 0 Å². The zero-order chi connectivity index (χ0) is 21.1. The van der Waals surface area contributed by atoms with Gasteiger partial charge in [-0.15, -0.1) is 0 Å². The molecule has 4 rings (SSSR count). The number of aryl methyl sites for hydroxylation is 1. The van der Waals surface area contributed by atoms with E-state index in [1.807, 2.05) is 17.0 Å². The lowest BCUT2D eigenvalue weighted by molar-refractivity contribution is -0.124. The molecule has 2 aliphatic heterocycles. The third-order valence-corrected chi connectivity index (χ3v) is 6.08. The first-order valence-corrected chi connectivity index (χ1v) is 10.7. The Morgan fingerprint density at radius 1 is 1.03 bits per heavy atom. The summed E-state index contributed by atoms with van der Waals surface area (Å²) in [7, 11) is 0. The van der Waals surface area contributed by atoms with Crippen molar-refractivity contribution in [1.29, 1.82) is 0 Å². The van der Waals surface area contributed by atoms with Gasteiger partial charge in [0.1, 0.15) is 6.10 Å². The molecule has 0 bridgehead atoms. The summed E-state index contributed by atoms with van der Waals surface area (Å²) in [6.07, 6.45) is 1.27. The lowest BCUT2D eigenvalue weighted by Gasteiger charge is -2.37. The van der Waals surface area contributed by atoms with Crippen LogP contribution in [0.4, 0.5) is 11.4 Å². The molecule has 2 heterocycles. The van der Waals surface area contributed by atoms with E-state index in [4.69, 9.17) is 4.74 Å². The van der Waals surface area contributed by atoms with E-state index in [0.717, 1.165) is 25.9 Å². The normalized spacial score (nSPS) is 19.1. The van der Waals surface area contributed by atoms with Crippen LogP contribution in [0.3, 0.4) is 0 Å². The number of nitrogens with zero attached hydrogens (tertiary/aromatic N) is 2. The average molecular weight is 408 g/mol. The van der Waals surface area contributed by atoms with Gasteiger partial charge in [-0.3, -0.25) is 9.59 Å². The molecule has 158 valence electrons. The van der Waals surface area contributed by atoms with Gasteiger partial charge in [-0.25, -0.2) is 0 Å². The van der Waals surface area contributed by atoms with Crippen LogP contribution in [-0.4, -0.2) is 55.6 Å². The Bertz CT molecular complexity index is 929. The van der Waals surface area contributed by atoms with Crippen LogP contribution in [0.2, 0.25) is 0 Å². The van der Waals surface area contributed by atoms with Crippen LogP contribution in [0, 0.1) is 13.8 Å². The van der Waals surface area contributed by atoms with E-state index < -0.39 is 0 Å². The second-order valence-corrected chi connectivity index (χ2v) is 8.07. The van der Waals surface area contributed by atoms with Crippen molar-refractivity contribution in [2.45, 2.75) is 32.8 Å². The number of amides is 2.